The molecule has 0 radical (unpaired) electrons. The Balaban J connectivity index is 1.40. The van der Waals surface area contributed by atoms with Crippen molar-refractivity contribution in [1.82, 2.24) is 25.0 Å². The van der Waals surface area contributed by atoms with Gasteiger partial charge in [0.05, 0.1) is 18.7 Å². The molecule has 1 fully saturated rings. The molecule has 0 aliphatic carbocycles. The number of nitrogens with zero attached hydrogens (tertiary/aromatic N) is 4. The number of rotatable bonds is 4. The van der Waals surface area contributed by atoms with Gasteiger partial charge in [-0.25, -0.2) is 0 Å². The number of nitrogens with one attached hydrogen (secondary N) is 1. The molecule has 0 bridgehead atoms. The van der Waals surface area contributed by atoms with Gasteiger partial charge in [-0.3, -0.25) is 4.90 Å². The summed E-state index contributed by atoms with van der Waals surface area (Å²) in [7, 11) is 1.60. The predicted molar refractivity (Wildman–Crippen MR) is 102 cm³/mol. The minimum absolute atomic E-state index is 0.487. The molecule has 2 aliphatic heterocycles. The third-order valence-corrected chi connectivity index (χ3v) is 5.97. The Morgan fingerprint density at radius 3 is 2.73 bits per heavy atom. The second-order valence-electron chi connectivity index (χ2n) is 6.93. The quantitative estimate of drug-likeness (QED) is 0.861. The van der Waals surface area contributed by atoms with E-state index in [1.54, 1.807) is 13.2 Å². The molecule has 4 rings (SSSR count). The van der Waals surface area contributed by atoms with E-state index in [1.165, 1.54) is 0 Å². The van der Waals surface area contributed by atoms with Gasteiger partial charge in [-0.15, -0.1) is 10.2 Å². The Morgan fingerprint density at radius 2 is 1.96 bits per heavy atom. The van der Waals surface area contributed by atoms with Gasteiger partial charge in [0.25, 0.3) is 0 Å². The van der Waals surface area contributed by atoms with Gasteiger partial charge < -0.3 is 14.6 Å². The van der Waals surface area contributed by atoms with Crippen LogP contribution in [0.4, 0.5) is 0 Å². The van der Waals surface area contributed by atoms with Crippen molar-refractivity contribution in [3.05, 3.63) is 39.4 Å². The van der Waals surface area contributed by atoms with E-state index in [1.807, 2.05) is 6.07 Å². The highest BCUT2D eigenvalue weighted by Crippen LogP contribution is 2.33. The molecule has 1 aromatic heterocycles. The van der Waals surface area contributed by atoms with Gasteiger partial charge in [0, 0.05) is 36.6 Å². The number of halogens is 2. The predicted octanol–water partition coefficient (Wildman–Crippen LogP) is 3.08. The molecular weight excluding hydrogens is 373 g/mol. The van der Waals surface area contributed by atoms with Crippen LogP contribution in [0.1, 0.15) is 36.0 Å². The van der Waals surface area contributed by atoms with Crippen molar-refractivity contribution in [2.45, 2.75) is 38.4 Å². The summed E-state index contributed by atoms with van der Waals surface area (Å²) in [5, 5.41) is 13.5. The van der Waals surface area contributed by atoms with E-state index in [9.17, 15) is 0 Å². The lowest BCUT2D eigenvalue weighted by Crippen LogP contribution is -2.34. The van der Waals surface area contributed by atoms with E-state index in [0.29, 0.717) is 21.7 Å². The summed E-state index contributed by atoms with van der Waals surface area (Å²) in [6.07, 6.45) is 2.18. The van der Waals surface area contributed by atoms with E-state index in [-0.39, 0.29) is 0 Å². The maximum absolute atomic E-state index is 6.40. The van der Waals surface area contributed by atoms with Crippen LogP contribution < -0.4 is 10.1 Å². The number of ether oxygens (including phenoxy) is 1. The first-order valence-corrected chi connectivity index (χ1v) is 9.78. The van der Waals surface area contributed by atoms with Gasteiger partial charge in [-0.05, 0) is 37.6 Å². The number of methoxy groups -OCH3 is 1. The Labute approximate surface area is 163 Å². The number of likely N-dealkylation sites (tertiary alicyclic amines) is 1. The molecule has 140 valence electrons. The monoisotopic (exact) mass is 395 g/mol. The van der Waals surface area contributed by atoms with Gasteiger partial charge in [0.1, 0.15) is 17.4 Å². The Hall–Kier alpha value is -1.34. The molecule has 0 unspecified atom stereocenters. The van der Waals surface area contributed by atoms with Crippen molar-refractivity contribution in [2.75, 3.05) is 26.7 Å². The summed E-state index contributed by atoms with van der Waals surface area (Å²) in [6.45, 7) is 5.63. The van der Waals surface area contributed by atoms with Crippen LogP contribution in [0.2, 0.25) is 10.0 Å². The number of hydrogen-bond acceptors (Lipinski definition) is 5. The van der Waals surface area contributed by atoms with Crippen molar-refractivity contribution in [2.24, 2.45) is 0 Å². The van der Waals surface area contributed by atoms with Crippen LogP contribution in [0.15, 0.2) is 12.1 Å². The third-order valence-electron chi connectivity index (χ3n) is 5.32. The van der Waals surface area contributed by atoms with Crippen LogP contribution >= 0.6 is 23.2 Å². The Kier molecular flexibility index (Phi) is 5.36. The molecule has 6 nitrogen and oxygen atoms in total. The summed E-state index contributed by atoms with van der Waals surface area (Å²) < 4.78 is 7.52. The van der Waals surface area contributed by atoms with E-state index >= 15 is 0 Å². The van der Waals surface area contributed by atoms with Crippen LogP contribution in [0.25, 0.3) is 0 Å². The molecule has 0 amide bonds. The summed E-state index contributed by atoms with van der Waals surface area (Å²) >= 11 is 12.6. The molecule has 0 atom stereocenters. The van der Waals surface area contributed by atoms with Crippen LogP contribution in [-0.4, -0.2) is 46.4 Å². The highest BCUT2D eigenvalue weighted by molar-refractivity contribution is 6.34. The molecule has 0 saturated carbocycles. The van der Waals surface area contributed by atoms with E-state index < -0.39 is 0 Å². The molecule has 0 spiro atoms. The summed E-state index contributed by atoms with van der Waals surface area (Å²) in [6, 6.07) is 3.71. The molecule has 26 heavy (non-hydrogen) atoms. The lowest BCUT2D eigenvalue weighted by Gasteiger charge is -2.32. The fourth-order valence-electron chi connectivity index (χ4n) is 3.85. The fraction of sp³-hybridized carbons (Fsp3) is 0.556. The Morgan fingerprint density at radius 1 is 1.15 bits per heavy atom. The first-order chi connectivity index (χ1) is 12.7. The van der Waals surface area contributed by atoms with Crippen molar-refractivity contribution in [1.29, 1.82) is 0 Å². The lowest BCUT2D eigenvalue weighted by molar-refractivity contribution is 0.199. The van der Waals surface area contributed by atoms with E-state index in [0.717, 1.165) is 69.3 Å². The second kappa shape index (κ2) is 7.72. The zero-order valence-corrected chi connectivity index (χ0v) is 16.4. The van der Waals surface area contributed by atoms with Gasteiger partial charge in [0.15, 0.2) is 0 Å². The Bertz CT molecular complexity index is 786. The zero-order valence-electron chi connectivity index (χ0n) is 14.8. The molecule has 1 saturated heterocycles. The summed E-state index contributed by atoms with van der Waals surface area (Å²) in [5.41, 5.74) is 1.04. The van der Waals surface area contributed by atoms with Gasteiger partial charge in [-0.2, -0.15) is 0 Å². The van der Waals surface area contributed by atoms with Crippen LogP contribution in [0.5, 0.6) is 5.75 Å². The number of fused-ring (bicyclic) bond motifs is 1. The topological polar surface area (TPSA) is 55.2 Å². The molecule has 2 aliphatic rings. The second-order valence-corrected chi connectivity index (χ2v) is 7.75. The van der Waals surface area contributed by atoms with Crippen molar-refractivity contribution in [3.8, 4) is 5.75 Å². The van der Waals surface area contributed by atoms with Crippen LogP contribution in [0, 0.1) is 0 Å². The van der Waals surface area contributed by atoms with Crippen LogP contribution in [0.3, 0.4) is 0 Å². The van der Waals surface area contributed by atoms with Gasteiger partial charge >= 0.3 is 0 Å². The molecule has 8 heteroatoms. The SMILES string of the molecule is COc1cc(Cl)c(CN2CCC(c3nnc4n3CCNC4)CC2)cc1Cl. The molecule has 2 aromatic rings. The average molecular weight is 396 g/mol. The average Bonchev–Trinajstić information content (AvgIpc) is 3.09. The van der Waals surface area contributed by atoms with E-state index in [2.05, 4.69) is 25.0 Å². The fourth-order valence-corrected chi connectivity index (χ4v) is 4.33. The third kappa shape index (κ3) is 3.56. The maximum Gasteiger partial charge on any atom is 0.147 e. The summed E-state index contributed by atoms with van der Waals surface area (Å²) in [5.74, 6) is 3.32. The molecule has 3 heterocycles. The summed E-state index contributed by atoms with van der Waals surface area (Å²) in [4.78, 5) is 2.43. The number of benzene rings is 1. The minimum Gasteiger partial charge on any atom is -0.495 e. The van der Waals surface area contributed by atoms with Crippen molar-refractivity contribution in [3.63, 3.8) is 0 Å². The highest BCUT2D eigenvalue weighted by Gasteiger charge is 2.27. The minimum atomic E-state index is 0.487. The zero-order chi connectivity index (χ0) is 18.1. The smallest absolute Gasteiger partial charge is 0.147 e. The number of aromatic nitrogens is 3. The van der Waals surface area contributed by atoms with Gasteiger partial charge in [-0.1, -0.05) is 23.2 Å². The molecular formula is C18H23Cl2N5O. The largest absolute Gasteiger partial charge is 0.495 e. The van der Waals surface area contributed by atoms with Crippen molar-refractivity contribution >= 4 is 23.2 Å². The standard InChI is InChI=1S/C18H23Cl2N5O/c1-26-16-9-14(19)13(8-15(16)20)11-24-5-2-12(3-6-24)18-23-22-17-10-21-4-7-25(17)18/h8-9,12,21H,2-7,10-11H2,1H3. The van der Waals surface area contributed by atoms with Crippen molar-refractivity contribution < 1.29 is 4.74 Å². The molecule has 1 aromatic carbocycles. The van der Waals surface area contributed by atoms with Gasteiger partial charge in [0.2, 0.25) is 0 Å². The normalized spacial score (nSPS) is 18.7. The highest BCUT2D eigenvalue weighted by atomic mass is 35.5. The number of piperidine rings is 1. The number of hydrogen-bond donors (Lipinski definition) is 1. The van der Waals surface area contributed by atoms with Crippen LogP contribution in [-0.2, 0) is 19.6 Å². The first-order valence-electron chi connectivity index (χ1n) is 9.02. The lowest BCUT2D eigenvalue weighted by atomic mass is 9.95. The first kappa shape index (κ1) is 18.0. The van der Waals surface area contributed by atoms with E-state index in [4.69, 9.17) is 27.9 Å². The molecule has 1 N–H and O–H groups in total. The maximum atomic E-state index is 6.40.